The molecule has 0 saturated carbocycles. The van der Waals surface area contributed by atoms with Gasteiger partial charge in [0.25, 0.3) is 5.95 Å². The van der Waals surface area contributed by atoms with E-state index in [1.807, 2.05) is 30.3 Å². The molecule has 5 N–H and O–H groups in total. The summed E-state index contributed by atoms with van der Waals surface area (Å²) in [6.45, 7) is 0.680. The number of hydrogen-bond acceptors (Lipinski definition) is 4. The van der Waals surface area contributed by atoms with Crippen LogP contribution in [0, 0.1) is 0 Å². The molecule has 1 heterocycles. The Labute approximate surface area is 105 Å². The second kappa shape index (κ2) is 5.62. The molecule has 6 nitrogen and oxygen atoms in total. The maximum atomic E-state index is 5.27. The minimum atomic E-state index is -0.0600. The number of nitrogens with zero attached hydrogens (tertiary/aromatic N) is 3. The molecule has 0 aliphatic rings. The van der Waals surface area contributed by atoms with Crippen LogP contribution in [0.1, 0.15) is 5.56 Å². The first-order valence-electron chi connectivity index (χ1n) is 5.44. The number of hydrogen-bond donors (Lipinski definition) is 3. The molecule has 1 aromatic carbocycles. The fraction of sp³-hybridized carbons (Fsp3) is 0.0833. The lowest BCUT2D eigenvalue weighted by Gasteiger charge is -2.05. The van der Waals surface area contributed by atoms with Crippen molar-refractivity contribution < 1.29 is 0 Å². The van der Waals surface area contributed by atoms with Crippen molar-refractivity contribution in [1.82, 2.24) is 9.97 Å². The van der Waals surface area contributed by atoms with E-state index >= 15 is 0 Å². The lowest BCUT2D eigenvalue weighted by Crippen LogP contribution is -2.22. The van der Waals surface area contributed by atoms with Crippen molar-refractivity contribution in [2.45, 2.75) is 6.54 Å². The second-order valence-electron chi connectivity index (χ2n) is 3.62. The van der Waals surface area contributed by atoms with Crippen molar-refractivity contribution in [1.29, 1.82) is 0 Å². The fourth-order valence-electron chi connectivity index (χ4n) is 1.40. The summed E-state index contributed by atoms with van der Waals surface area (Å²) in [7, 11) is 0. The molecule has 2 aromatic rings. The molecule has 0 fully saturated rings. The zero-order chi connectivity index (χ0) is 12.8. The molecule has 0 unspecified atom stereocenters. The number of guanidine groups is 1. The van der Waals surface area contributed by atoms with Crippen LogP contribution in [0.4, 0.5) is 11.8 Å². The summed E-state index contributed by atoms with van der Waals surface area (Å²) in [4.78, 5) is 11.9. The van der Waals surface area contributed by atoms with Crippen molar-refractivity contribution in [2.24, 2.45) is 16.5 Å². The Balaban J connectivity index is 2.04. The summed E-state index contributed by atoms with van der Waals surface area (Å²) < 4.78 is 0. The SMILES string of the molecule is NC(N)=Nc1nccc(NCc2ccccc2)n1. The number of nitrogens with one attached hydrogen (secondary N) is 1. The first-order valence-corrected chi connectivity index (χ1v) is 5.44. The first-order chi connectivity index (χ1) is 8.74. The van der Waals surface area contributed by atoms with Gasteiger partial charge in [-0.15, -0.1) is 0 Å². The second-order valence-corrected chi connectivity index (χ2v) is 3.62. The average molecular weight is 242 g/mol. The van der Waals surface area contributed by atoms with Crippen LogP contribution < -0.4 is 16.8 Å². The lowest BCUT2D eigenvalue weighted by atomic mass is 10.2. The predicted octanol–water partition coefficient (Wildman–Crippen LogP) is 0.994. The smallest absolute Gasteiger partial charge is 0.254 e. The Hall–Kier alpha value is -2.63. The standard InChI is InChI=1S/C12H14N6/c13-11(14)18-12-15-7-6-10(17-12)16-8-9-4-2-1-3-5-9/h1-7H,8H2,(H5,13,14,15,16,17,18). The van der Waals surface area contributed by atoms with Gasteiger partial charge in [-0.1, -0.05) is 30.3 Å². The van der Waals surface area contributed by atoms with Crippen molar-refractivity contribution in [3.63, 3.8) is 0 Å². The molecular weight excluding hydrogens is 228 g/mol. The van der Waals surface area contributed by atoms with Gasteiger partial charge in [0.2, 0.25) is 0 Å². The summed E-state index contributed by atoms with van der Waals surface area (Å²) in [5.41, 5.74) is 11.7. The van der Waals surface area contributed by atoms with Crippen LogP contribution in [0.25, 0.3) is 0 Å². The molecule has 1 aromatic heterocycles. The third-order valence-electron chi connectivity index (χ3n) is 2.19. The number of aliphatic imine (C=N–C) groups is 1. The number of anilines is 1. The van der Waals surface area contributed by atoms with Gasteiger partial charge < -0.3 is 16.8 Å². The molecule has 0 amide bonds. The molecule has 0 aliphatic heterocycles. The largest absolute Gasteiger partial charge is 0.370 e. The van der Waals surface area contributed by atoms with Crippen LogP contribution in [-0.4, -0.2) is 15.9 Å². The first kappa shape index (κ1) is 11.8. The normalized spacial score (nSPS) is 9.78. The molecule has 2 rings (SSSR count). The van der Waals surface area contributed by atoms with Crippen molar-refractivity contribution >= 4 is 17.7 Å². The summed E-state index contributed by atoms with van der Waals surface area (Å²) in [6.07, 6.45) is 1.60. The molecule has 0 saturated heterocycles. The molecule has 0 spiro atoms. The van der Waals surface area contributed by atoms with Crippen molar-refractivity contribution in [3.8, 4) is 0 Å². The minimum absolute atomic E-state index is 0.0600. The molecule has 92 valence electrons. The maximum absolute atomic E-state index is 5.27. The third-order valence-corrected chi connectivity index (χ3v) is 2.19. The molecule has 0 atom stereocenters. The van der Waals surface area contributed by atoms with Gasteiger partial charge in [-0.2, -0.15) is 9.98 Å². The van der Waals surface area contributed by atoms with Crippen LogP contribution in [0.3, 0.4) is 0 Å². The maximum Gasteiger partial charge on any atom is 0.254 e. The molecule has 18 heavy (non-hydrogen) atoms. The summed E-state index contributed by atoms with van der Waals surface area (Å²) in [5.74, 6) is 0.858. The molecule has 0 aliphatic carbocycles. The highest BCUT2D eigenvalue weighted by Gasteiger charge is 1.98. The van der Waals surface area contributed by atoms with Gasteiger partial charge in [-0.25, -0.2) is 4.98 Å². The average Bonchev–Trinajstić information content (AvgIpc) is 2.37. The van der Waals surface area contributed by atoms with Gasteiger partial charge in [0.15, 0.2) is 5.96 Å². The van der Waals surface area contributed by atoms with Crippen molar-refractivity contribution in [2.75, 3.05) is 5.32 Å². The number of rotatable bonds is 4. The number of nitrogens with two attached hydrogens (primary N) is 2. The third kappa shape index (κ3) is 3.44. The Bertz CT molecular complexity index is 533. The molecule has 0 radical (unpaired) electrons. The van der Waals surface area contributed by atoms with Crippen LogP contribution in [0.2, 0.25) is 0 Å². The summed E-state index contributed by atoms with van der Waals surface area (Å²) >= 11 is 0. The minimum Gasteiger partial charge on any atom is -0.370 e. The Morgan fingerprint density at radius 3 is 2.67 bits per heavy atom. The van der Waals surface area contributed by atoms with Crippen LogP contribution in [0.15, 0.2) is 47.6 Å². The highest BCUT2D eigenvalue weighted by atomic mass is 15.1. The summed E-state index contributed by atoms with van der Waals surface area (Å²) in [6, 6.07) is 11.8. The summed E-state index contributed by atoms with van der Waals surface area (Å²) in [5, 5.41) is 3.17. The predicted molar refractivity (Wildman–Crippen MR) is 71.3 cm³/mol. The van der Waals surface area contributed by atoms with E-state index in [0.717, 1.165) is 0 Å². The van der Waals surface area contributed by atoms with Crippen LogP contribution >= 0.6 is 0 Å². The van der Waals surface area contributed by atoms with Gasteiger partial charge in [-0.3, -0.25) is 0 Å². The molecule has 6 heteroatoms. The van der Waals surface area contributed by atoms with E-state index in [0.29, 0.717) is 12.4 Å². The highest BCUT2D eigenvalue weighted by molar-refractivity contribution is 5.77. The van der Waals surface area contributed by atoms with E-state index in [1.165, 1.54) is 5.56 Å². The van der Waals surface area contributed by atoms with Crippen LogP contribution in [0.5, 0.6) is 0 Å². The van der Waals surface area contributed by atoms with E-state index < -0.39 is 0 Å². The van der Waals surface area contributed by atoms with Crippen LogP contribution in [-0.2, 0) is 6.54 Å². The van der Waals surface area contributed by atoms with E-state index in [1.54, 1.807) is 12.3 Å². The van der Waals surface area contributed by atoms with E-state index in [4.69, 9.17) is 11.5 Å². The zero-order valence-corrected chi connectivity index (χ0v) is 9.74. The van der Waals surface area contributed by atoms with E-state index in [9.17, 15) is 0 Å². The molecular formula is C12H14N6. The van der Waals surface area contributed by atoms with Gasteiger partial charge >= 0.3 is 0 Å². The van der Waals surface area contributed by atoms with Gasteiger partial charge in [0.1, 0.15) is 5.82 Å². The Morgan fingerprint density at radius 1 is 1.17 bits per heavy atom. The number of aromatic nitrogens is 2. The van der Waals surface area contributed by atoms with Gasteiger partial charge in [-0.05, 0) is 11.6 Å². The Kier molecular flexibility index (Phi) is 3.70. The van der Waals surface area contributed by atoms with E-state index in [-0.39, 0.29) is 11.9 Å². The topological polar surface area (TPSA) is 102 Å². The quantitative estimate of drug-likeness (QED) is 0.548. The zero-order valence-electron chi connectivity index (χ0n) is 9.74. The highest BCUT2D eigenvalue weighted by Crippen LogP contribution is 2.09. The fourth-order valence-corrected chi connectivity index (χ4v) is 1.40. The van der Waals surface area contributed by atoms with Crippen molar-refractivity contribution in [3.05, 3.63) is 48.2 Å². The Morgan fingerprint density at radius 2 is 1.94 bits per heavy atom. The number of benzene rings is 1. The van der Waals surface area contributed by atoms with Gasteiger partial charge in [0.05, 0.1) is 0 Å². The lowest BCUT2D eigenvalue weighted by molar-refractivity contribution is 1.07. The monoisotopic (exact) mass is 242 g/mol. The molecule has 0 bridgehead atoms. The van der Waals surface area contributed by atoms with Gasteiger partial charge in [0, 0.05) is 12.7 Å². The van der Waals surface area contributed by atoms with E-state index in [2.05, 4.69) is 20.3 Å².